The maximum atomic E-state index is 13.1. The zero-order chi connectivity index (χ0) is 24.3. The molecule has 0 unspecified atom stereocenters. The first-order valence-electron chi connectivity index (χ1n) is 10.3. The van der Waals surface area contributed by atoms with E-state index in [0.717, 1.165) is 11.8 Å². The van der Waals surface area contributed by atoms with Gasteiger partial charge in [-0.05, 0) is 48.9 Å². The van der Waals surface area contributed by atoms with Gasteiger partial charge in [0.2, 0.25) is 10.0 Å². The Balaban J connectivity index is 1.65. The zero-order valence-corrected chi connectivity index (χ0v) is 20.0. The normalized spacial score (nSPS) is 11.9. The second-order valence-corrected chi connectivity index (χ2v) is 9.86. The zero-order valence-electron chi connectivity index (χ0n) is 18.4. The van der Waals surface area contributed by atoms with E-state index in [2.05, 4.69) is 20.2 Å². The minimum Gasteiger partial charge on any atom is -0.284 e. The van der Waals surface area contributed by atoms with Crippen LogP contribution in [-0.2, 0) is 10.0 Å². The molecule has 0 bridgehead atoms. The molecule has 4 rings (SSSR count). The molecule has 3 aromatic carbocycles. The van der Waals surface area contributed by atoms with Gasteiger partial charge in [0, 0.05) is 21.7 Å². The summed E-state index contributed by atoms with van der Waals surface area (Å²) in [6, 6.07) is 23.1. The van der Waals surface area contributed by atoms with E-state index in [1.54, 1.807) is 49.4 Å². The van der Waals surface area contributed by atoms with Crippen molar-refractivity contribution >= 4 is 49.8 Å². The van der Waals surface area contributed by atoms with Crippen molar-refractivity contribution in [2.45, 2.75) is 6.92 Å². The Morgan fingerprint density at radius 3 is 2.50 bits per heavy atom. The molecule has 0 radical (unpaired) electrons. The number of fused-ring (bicyclic) bond motifs is 1. The van der Waals surface area contributed by atoms with Gasteiger partial charge in [0.1, 0.15) is 0 Å². The molecule has 0 aliphatic heterocycles. The van der Waals surface area contributed by atoms with Crippen LogP contribution in [0.1, 0.15) is 22.8 Å². The van der Waals surface area contributed by atoms with Gasteiger partial charge in [0.05, 0.1) is 28.7 Å². The SMILES string of the molecule is C/C(=N\NC(=O)c1cc(-c2cccc(Cl)c2)nc2ccccc12)c1cccc(NS(C)(=O)=O)c1. The fraction of sp³-hybridized carbons (Fsp3) is 0.0800. The third kappa shape index (κ3) is 5.59. The van der Waals surface area contributed by atoms with E-state index in [1.807, 2.05) is 36.4 Å². The van der Waals surface area contributed by atoms with Crippen molar-refractivity contribution < 1.29 is 13.2 Å². The minimum absolute atomic E-state index is 0.397. The van der Waals surface area contributed by atoms with E-state index in [9.17, 15) is 13.2 Å². The van der Waals surface area contributed by atoms with Gasteiger partial charge in [-0.25, -0.2) is 18.8 Å². The van der Waals surface area contributed by atoms with Crippen LogP contribution in [0.4, 0.5) is 5.69 Å². The third-order valence-corrected chi connectivity index (χ3v) is 5.83. The van der Waals surface area contributed by atoms with Crippen LogP contribution in [0.25, 0.3) is 22.2 Å². The molecule has 1 heterocycles. The Morgan fingerprint density at radius 2 is 1.74 bits per heavy atom. The summed E-state index contributed by atoms with van der Waals surface area (Å²) in [4.78, 5) is 17.8. The number of carbonyl (C=O) groups excluding carboxylic acids is 1. The van der Waals surface area contributed by atoms with E-state index >= 15 is 0 Å². The van der Waals surface area contributed by atoms with Gasteiger partial charge in [0.15, 0.2) is 0 Å². The Morgan fingerprint density at radius 1 is 0.971 bits per heavy atom. The first-order valence-corrected chi connectivity index (χ1v) is 12.6. The average molecular weight is 493 g/mol. The number of amides is 1. The highest BCUT2D eigenvalue weighted by molar-refractivity contribution is 7.92. The second-order valence-electron chi connectivity index (χ2n) is 7.68. The number of pyridine rings is 1. The number of hydrogen-bond donors (Lipinski definition) is 2. The number of halogens is 1. The number of anilines is 1. The molecule has 0 fully saturated rings. The summed E-state index contributed by atoms with van der Waals surface area (Å²) in [7, 11) is -3.41. The molecule has 0 aliphatic rings. The lowest BCUT2D eigenvalue weighted by Crippen LogP contribution is -2.20. The highest BCUT2D eigenvalue weighted by Gasteiger charge is 2.14. The largest absolute Gasteiger partial charge is 0.284 e. The summed E-state index contributed by atoms with van der Waals surface area (Å²) in [6.07, 6.45) is 1.08. The van der Waals surface area contributed by atoms with Gasteiger partial charge in [-0.15, -0.1) is 0 Å². The lowest BCUT2D eigenvalue weighted by Gasteiger charge is -2.10. The molecule has 34 heavy (non-hydrogen) atoms. The predicted molar refractivity (Wildman–Crippen MR) is 137 cm³/mol. The molecule has 1 amide bonds. The fourth-order valence-electron chi connectivity index (χ4n) is 3.44. The topological polar surface area (TPSA) is 101 Å². The highest BCUT2D eigenvalue weighted by atomic mass is 35.5. The monoisotopic (exact) mass is 492 g/mol. The standard InChI is InChI=1S/C25H21ClN4O3S/c1-16(17-7-6-10-20(14-17)30-34(2,32)33)28-29-25(31)22-15-24(18-8-5-9-19(26)13-18)27-23-12-4-3-11-21(22)23/h3-15,30H,1-2H3,(H,29,31)/b28-16+. The maximum absolute atomic E-state index is 13.1. The van der Waals surface area contributed by atoms with Crippen LogP contribution >= 0.6 is 11.6 Å². The summed E-state index contributed by atoms with van der Waals surface area (Å²) in [5.74, 6) is -0.397. The van der Waals surface area contributed by atoms with Crippen molar-refractivity contribution in [3.05, 3.63) is 95.0 Å². The molecule has 7 nitrogen and oxygen atoms in total. The molecular weight excluding hydrogens is 472 g/mol. The molecule has 1 aromatic heterocycles. The summed E-state index contributed by atoms with van der Waals surface area (Å²) < 4.78 is 25.4. The lowest BCUT2D eigenvalue weighted by molar-refractivity contribution is 0.0956. The number of para-hydroxylation sites is 1. The number of nitrogens with one attached hydrogen (secondary N) is 2. The Bertz CT molecular complexity index is 1530. The molecule has 0 saturated carbocycles. The number of aromatic nitrogens is 1. The van der Waals surface area contributed by atoms with Gasteiger partial charge in [-0.2, -0.15) is 5.10 Å². The van der Waals surface area contributed by atoms with E-state index in [-0.39, 0.29) is 0 Å². The summed E-state index contributed by atoms with van der Waals surface area (Å²) in [6.45, 7) is 1.72. The molecule has 0 saturated heterocycles. The number of benzene rings is 3. The van der Waals surface area contributed by atoms with Gasteiger partial charge in [-0.3, -0.25) is 9.52 Å². The van der Waals surface area contributed by atoms with Gasteiger partial charge >= 0.3 is 0 Å². The van der Waals surface area contributed by atoms with E-state index in [1.165, 1.54) is 0 Å². The predicted octanol–water partition coefficient (Wildman–Crippen LogP) is 5.08. The third-order valence-electron chi connectivity index (χ3n) is 4.99. The molecule has 0 atom stereocenters. The van der Waals surface area contributed by atoms with E-state index in [4.69, 9.17) is 11.6 Å². The average Bonchev–Trinajstić information content (AvgIpc) is 2.80. The Labute approximate surface area is 202 Å². The number of nitrogens with zero attached hydrogens (tertiary/aromatic N) is 2. The minimum atomic E-state index is -3.41. The summed E-state index contributed by atoms with van der Waals surface area (Å²) in [5, 5.41) is 5.50. The number of hydrogen-bond acceptors (Lipinski definition) is 5. The summed E-state index contributed by atoms with van der Waals surface area (Å²) in [5.41, 5.74) is 6.69. The van der Waals surface area contributed by atoms with Crippen molar-refractivity contribution in [1.29, 1.82) is 0 Å². The van der Waals surface area contributed by atoms with Crippen LogP contribution in [0.5, 0.6) is 0 Å². The van der Waals surface area contributed by atoms with Crippen LogP contribution in [0.2, 0.25) is 5.02 Å². The van der Waals surface area contributed by atoms with Crippen molar-refractivity contribution in [3.8, 4) is 11.3 Å². The number of rotatable bonds is 6. The van der Waals surface area contributed by atoms with E-state index < -0.39 is 15.9 Å². The first-order chi connectivity index (χ1) is 16.2. The quantitative estimate of drug-likeness (QED) is 0.289. The van der Waals surface area contributed by atoms with Crippen molar-refractivity contribution in [3.63, 3.8) is 0 Å². The van der Waals surface area contributed by atoms with Crippen LogP contribution in [-0.4, -0.2) is 31.3 Å². The smallest absolute Gasteiger partial charge is 0.272 e. The molecule has 9 heteroatoms. The van der Waals surface area contributed by atoms with Gasteiger partial charge in [-0.1, -0.05) is 54.1 Å². The molecule has 0 spiro atoms. The van der Waals surface area contributed by atoms with Gasteiger partial charge < -0.3 is 0 Å². The Kier molecular flexibility index (Phi) is 6.63. The van der Waals surface area contributed by atoms with Gasteiger partial charge in [0.25, 0.3) is 5.91 Å². The molecular formula is C25H21ClN4O3S. The lowest BCUT2D eigenvalue weighted by atomic mass is 10.0. The van der Waals surface area contributed by atoms with Crippen LogP contribution in [0.3, 0.4) is 0 Å². The van der Waals surface area contributed by atoms with Crippen molar-refractivity contribution in [2.75, 3.05) is 11.0 Å². The number of sulfonamides is 1. The molecule has 172 valence electrons. The Hall–Kier alpha value is -3.75. The maximum Gasteiger partial charge on any atom is 0.272 e. The summed E-state index contributed by atoms with van der Waals surface area (Å²) >= 11 is 6.14. The van der Waals surface area contributed by atoms with Crippen LogP contribution < -0.4 is 10.1 Å². The number of carbonyl (C=O) groups is 1. The fourth-order valence-corrected chi connectivity index (χ4v) is 4.19. The van der Waals surface area contributed by atoms with E-state index in [0.29, 0.717) is 44.1 Å². The van der Waals surface area contributed by atoms with Crippen molar-refractivity contribution in [2.24, 2.45) is 5.10 Å². The molecule has 2 N–H and O–H groups in total. The highest BCUT2D eigenvalue weighted by Crippen LogP contribution is 2.26. The van der Waals surface area contributed by atoms with Crippen molar-refractivity contribution in [1.82, 2.24) is 10.4 Å². The number of hydrazone groups is 1. The first kappa shape index (κ1) is 23.4. The second kappa shape index (κ2) is 9.62. The van der Waals surface area contributed by atoms with Crippen LogP contribution in [0, 0.1) is 0 Å². The van der Waals surface area contributed by atoms with Crippen LogP contribution in [0.15, 0.2) is 84.0 Å². The molecule has 4 aromatic rings. The molecule has 0 aliphatic carbocycles.